The number of nitrogens with zero attached hydrogens (tertiary/aromatic N) is 2. The molecule has 2 aromatic heterocycles. The Morgan fingerprint density at radius 2 is 1.88 bits per heavy atom. The summed E-state index contributed by atoms with van der Waals surface area (Å²) in [5.74, 6) is 0.563. The number of nitrogens with one attached hydrogen (secondary N) is 2. The Hall–Kier alpha value is -2.95. The first-order valence-corrected chi connectivity index (χ1v) is 8.02. The highest BCUT2D eigenvalue weighted by Gasteiger charge is 2.38. The van der Waals surface area contributed by atoms with Crippen molar-refractivity contribution in [2.45, 2.75) is 12.0 Å². The van der Waals surface area contributed by atoms with E-state index in [1.807, 2.05) is 36.5 Å². The van der Waals surface area contributed by atoms with Gasteiger partial charge >= 0.3 is 0 Å². The lowest BCUT2D eigenvalue weighted by molar-refractivity contribution is 0.531. The van der Waals surface area contributed by atoms with Crippen molar-refractivity contribution in [2.75, 3.05) is 17.2 Å². The Kier molecular flexibility index (Phi) is 2.82. The van der Waals surface area contributed by atoms with E-state index >= 15 is 0 Å². The maximum absolute atomic E-state index is 14.4. The molecule has 2 aliphatic rings. The summed E-state index contributed by atoms with van der Waals surface area (Å²) in [6.07, 6.45) is 3.31. The Labute approximate surface area is 138 Å². The molecular weight excluding hydrogens is 303 g/mol. The lowest BCUT2D eigenvalue weighted by atomic mass is 9.87. The van der Waals surface area contributed by atoms with Crippen LogP contribution in [-0.2, 0) is 0 Å². The largest absolute Gasteiger partial charge is 0.377 e. The van der Waals surface area contributed by atoms with Crippen LogP contribution < -0.4 is 10.6 Å². The first-order chi connectivity index (χ1) is 11.8. The first kappa shape index (κ1) is 13.5. The fraction of sp³-hybridized carbons (Fsp3) is 0.158. The van der Waals surface area contributed by atoms with Crippen molar-refractivity contribution in [1.82, 2.24) is 9.97 Å². The fourth-order valence-electron chi connectivity index (χ4n) is 3.85. The summed E-state index contributed by atoms with van der Waals surface area (Å²) < 4.78 is 14.4. The molecule has 0 spiro atoms. The summed E-state index contributed by atoms with van der Waals surface area (Å²) in [7, 11) is 0. The highest BCUT2D eigenvalue weighted by Crippen LogP contribution is 2.49. The van der Waals surface area contributed by atoms with Crippen molar-refractivity contribution < 1.29 is 4.39 Å². The van der Waals surface area contributed by atoms with Crippen molar-refractivity contribution >= 4 is 11.5 Å². The van der Waals surface area contributed by atoms with Crippen LogP contribution in [0.2, 0.25) is 0 Å². The molecule has 0 fully saturated rings. The first-order valence-electron chi connectivity index (χ1n) is 8.02. The number of rotatable bonds is 1. The molecule has 0 saturated heterocycles. The van der Waals surface area contributed by atoms with E-state index in [0.29, 0.717) is 5.56 Å². The average molecular weight is 318 g/mol. The van der Waals surface area contributed by atoms with Crippen LogP contribution in [0.4, 0.5) is 15.9 Å². The van der Waals surface area contributed by atoms with Crippen LogP contribution >= 0.6 is 0 Å². The van der Waals surface area contributed by atoms with Gasteiger partial charge in [0, 0.05) is 47.2 Å². The molecule has 0 amide bonds. The van der Waals surface area contributed by atoms with Gasteiger partial charge in [0.1, 0.15) is 5.82 Å². The molecule has 5 heteroatoms. The number of benzene rings is 1. The number of pyridine rings is 2. The summed E-state index contributed by atoms with van der Waals surface area (Å²) in [5.41, 5.74) is 5.03. The van der Waals surface area contributed by atoms with Crippen molar-refractivity contribution in [3.05, 3.63) is 71.9 Å². The average Bonchev–Trinajstić information content (AvgIpc) is 2.98. The Balaban J connectivity index is 1.78. The number of anilines is 2. The van der Waals surface area contributed by atoms with E-state index in [1.165, 1.54) is 6.20 Å². The van der Waals surface area contributed by atoms with E-state index in [4.69, 9.17) is 0 Å². The third kappa shape index (κ3) is 1.84. The van der Waals surface area contributed by atoms with Crippen molar-refractivity contribution in [3.8, 4) is 11.1 Å². The van der Waals surface area contributed by atoms with Crippen LogP contribution in [0.15, 0.2) is 54.9 Å². The molecule has 24 heavy (non-hydrogen) atoms. The second kappa shape index (κ2) is 5.03. The van der Waals surface area contributed by atoms with Gasteiger partial charge in [0.2, 0.25) is 5.95 Å². The summed E-state index contributed by atoms with van der Waals surface area (Å²) >= 11 is 0. The van der Waals surface area contributed by atoms with Crippen molar-refractivity contribution in [3.63, 3.8) is 0 Å². The van der Waals surface area contributed by atoms with E-state index < -0.39 is 5.95 Å². The third-order valence-electron chi connectivity index (χ3n) is 4.90. The molecule has 0 radical (unpaired) electrons. The van der Waals surface area contributed by atoms with Crippen LogP contribution in [0.25, 0.3) is 11.1 Å². The highest BCUT2D eigenvalue weighted by molar-refractivity contribution is 5.85. The predicted octanol–water partition coefficient (Wildman–Crippen LogP) is 3.96. The molecule has 1 aromatic carbocycles. The minimum Gasteiger partial charge on any atom is -0.377 e. The fourth-order valence-corrected chi connectivity index (χ4v) is 3.85. The molecule has 4 nitrogen and oxygen atoms in total. The van der Waals surface area contributed by atoms with Crippen LogP contribution in [0.5, 0.6) is 0 Å². The molecule has 2 aliphatic heterocycles. The molecule has 5 rings (SSSR count). The topological polar surface area (TPSA) is 49.8 Å². The van der Waals surface area contributed by atoms with E-state index in [9.17, 15) is 4.39 Å². The smallest absolute Gasteiger partial charge is 0.218 e. The summed E-state index contributed by atoms with van der Waals surface area (Å²) in [6, 6.07) is 13.6. The number of fused-ring (bicyclic) bond motifs is 2. The minimum atomic E-state index is -0.423. The monoisotopic (exact) mass is 318 g/mol. The summed E-state index contributed by atoms with van der Waals surface area (Å²) in [5, 5.41) is 6.92. The molecule has 3 aromatic rings. The molecular formula is C19H15FN4. The van der Waals surface area contributed by atoms with E-state index in [1.54, 1.807) is 6.07 Å². The molecule has 2 unspecified atom stereocenters. The Bertz CT molecular complexity index is 940. The number of para-hydroxylation sites is 1. The van der Waals surface area contributed by atoms with Crippen molar-refractivity contribution in [1.29, 1.82) is 0 Å². The molecule has 0 saturated carbocycles. The van der Waals surface area contributed by atoms with Crippen molar-refractivity contribution in [2.24, 2.45) is 0 Å². The second-order valence-corrected chi connectivity index (χ2v) is 6.16. The zero-order valence-electron chi connectivity index (χ0n) is 12.8. The SMILES string of the molecule is Fc1ncccc1C1Nc2ccccc2-c2ccnc3c2C1CN3. The number of halogens is 1. The van der Waals surface area contributed by atoms with Crippen LogP contribution in [0, 0.1) is 5.95 Å². The van der Waals surface area contributed by atoms with Gasteiger partial charge in [-0.15, -0.1) is 0 Å². The second-order valence-electron chi connectivity index (χ2n) is 6.16. The molecule has 2 N–H and O–H groups in total. The van der Waals surface area contributed by atoms with Gasteiger partial charge in [-0.2, -0.15) is 4.39 Å². The third-order valence-corrected chi connectivity index (χ3v) is 4.90. The maximum Gasteiger partial charge on any atom is 0.218 e. The number of hydrogen-bond donors (Lipinski definition) is 2. The molecule has 118 valence electrons. The lowest BCUT2D eigenvalue weighted by Crippen LogP contribution is -2.21. The highest BCUT2D eigenvalue weighted by atomic mass is 19.1. The summed E-state index contributed by atoms with van der Waals surface area (Å²) in [6.45, 7) is 0.722. The van der Waals surface area contributed by atoms with Gasteiger partial charge in [0.25, 0.3) is 0 Å². The van der Waals surface area contributed by atoms with Crippen LogP contribution in [-0.4, -0.2) is 16.5 Å². The van der Waals surface area contributed by atoms with E-state index in [0.717, 1.165) is 34.7 Å². The van der Waals surface area contributed by atoms with Gasteiger partial charge in [-0.3, -0.25) is 0 Å². The lowest BCUT2D eigenvalue weighted by Gasteiger charge is -2.24. The Morgan fingerprint density at radius 1 is 0.958 bits per heavy atom. The predicted molar refractivity (Wildman–Crippen MR) is 91.5 cm³/mol. The van der Waals surface area contributed by atoms with Crippen LogP contribution in [0.3, 0.4) is 0 Å². The maximum atomic E-state index is 14.4. The van der Waals surface area contributed by atoms with Gasteiger partial charge in [-0.05, 0) is 23.8 Å². The van der Waals surface area contributed by atoms with Gasteiger partial charge in [0.05, 0.1) is 6.04 Å². The summed E-state index contributed by atoms with van der Waals surface area (Å²) in [4.78, 5) is 8.31. The Morgan fingerprint density at radius 3 is 2.79 bits per heavy atom. The number of aromatic nitrogens is 2. The molecule has 2 atom stereocenters. The standard InChI is InChI=1S/C19H15FN4/c20-18-13(5-3-8-21-18)17-14-10-23-19-16(14)12(7-9-22-19)11-4-1-2-6-15(11)24-17/h1-9,14,17,24H,10H2,(H,22,23). The zero-order valence-corrected chi connectivity index (χ0v) is 12.8. The normalized spacial score (nSPS) is 20.4. The quantitative estimate of drug-likeness (QED) is 0.667. The van der Waals surface area contributed by atoms with E-state index in [2.05, 4.69) is 26.7 Å². The van der Waals surface area contributed by atoms with Gasteiger partial charge in [-0.25, -0.2) is 9.97 Å². The minimum absolute atomic E-state index is 0.0924. The molecule has 4 heterocycles. The molecule has 0 aliphatic carbocycles. The van der Waals surface area contributed by atoms with Gasteiger partial charge in [0.15, 0.2) is 0 Å². The number of hydrogen-bond acceptors (Lipinski definition) is 4. The van der Waals surface area contributed by atoms with Gasteiger partial charge in [-0.1, -0.05) is 24.3 Å². The molecule has 0 bridgehead atoms. The van der Waals surface area contributed by atoms with E-state index in [-0.39, 0.29) is 12.0 Å². The zero-order chi connectivity index (χ0) is 16.1. The van der Waals surface area contributed by atoms with Crippen LogP contribution in [0.1, 0.15) is 23.1 Å². The van der Waals surface area contributed by atoms with Gasteiger partial charge < -0.3 is 10.6 Å².